The van der Waals surface area contributed by atoms with Gasteiger partial charge in [-0.1, -0.05) is 11.6 Å². The van der Waals surface area contributed by atoms with Crippen LogP contribution in [0.3, 0.4) is 0 Å². The summed E-state index contributed by atoms with van der Waals surface area (Å²) in [6.45, 7) is 1.67. The maximum atomic E-state index is 11.5. The van der Waals surface area contributed by atoms with Crippen molar-refractivity contribution in [2.75, 3.05) is 5.75 Å². The molecule has 1 atom stereocenters. The summed E-state index contributed by atoms with van der Waals surface area (Å²) in [6, 6.07) is 6.83. The van der Waals surface area contributed by atoms with Crippen molar-refractivity contribution in [2.45, 2.75) is 24.3 Å². The van der Waals surface area contributed by atoms with Gasteiger partial charge in [0, 0.05) is 16.0 Å². The molecule has 0 saturated heterocycles. The molecular formula is C12H14ClNO3S. The fourth-order valence-electron chi connectivity index (χ4n) is 1.31. The molecule has 1 aromatic carbocycles. The van der Waals surface area contributed by atoms with Gasteiger partial charge in [-0.25, -0.2) is 0 Å². The number of carbonyl (C=O) groups is 2. The highest BCUT2D eigenvalue weighted by atomic mass is 35.5. The minimum Gasteiger partial charge on any atom is -0.481 e. The Balaban J connectivity index is 2.32. The number of carboxylic acids is 1. The van der Waals surface area contributed by atoms with E-state index in [4.69, 9.17) is 16.7 Å². The third kappa shape index (κ3) is 5.93. The predicted octanol–water partition coefficient (Wildman–Crippen LogP) is 2.41. The Morgan fingerprint density at radius 3 is 2.56 bits per heavy atom. The van der Waals surface area contributed by atoms with Crippen LogP contribution in [0, 0.1) is 0 Å². The van der Waals surface area contributed by atoms with Gasteiger partial charge in [-0.15, -0.1) is 11.8 Å². The van der Waals surface area contributed by atoms with Gasteiger partial charge in [0.05, 0.1) is 12.2 Å². The minimum atomic E-state index is -0.923. The number of thioether (sulfide) groups is 1. The van der Waals surface area contributed by atoms with E-state index in [9.17, 15) is 9.59 Å². The molecule has 1 unspecified atom stereocenters. The normalized spacial score (nSPS) is 11.9. The molecule has 0 bridgehead atoms. The van der Waals surface area contributed by atoms with Crippen LogP contribution in [0.1, 0.15) is 13.3 Å². The summed E-state index contributed by atoms with van der Waals surface area (Å²) in [7, 11) is 0. The second-order valence-corrected chi connectivity index (χ2v) is 5.29. The number of carboxylic acid groups (broad SMARTS) is 1. The quantitative estimate of drug-likeness (QED) is 0.789. The molecule has 0 spiro atoms. The minimum absolute atomic E-state index is 0.0721. The van der Waals surface area contributed by atoms with Gasteiger partial charge in [0.1, 0.15) is 0 Å². The molecule has 0 aromatic heterocycles. The standard InChI is InChI=1S/C12H14ClNO3S/c1-8(6-12(16)17)14-11(15)7-18-10-4-2-9(13)3-5-10/h2-5,8H,6-7H2,1H3,(H,14,15)(H,16,17). The zero-order chi connectivity index (χ0) is 13.5. The van der Waals surface area contributed by atoms with Gasteiger partial charge >= 0.3 is 5.97 Å². The van der Waals surface area contributed by atoms with E-state index in [1.54, 1.807) is 19.1 Å². The van der Waals surface area contributed by atoms with Crippen LogP contribution in [0.4, 0.5) is 0 Å². The van der Waals surface area contributed by atoms with Crippen molar-refractivity contribution in [3.8, 4) is 0 Å². The van der Waals surface area contributed by atoms with Gasteiger partial charge in [0.25, 0.3) is 0 Å². The monoisotopic (exact) mass is 287 g/mol. The molecule has 0 fully saturated rings. The Morgan fingerprint density at radius 2 is 2.00 bits per heavy atom. The largest absolute Gasteiger partial charge is 0.481 e. The number of rotatable bonds is 6. The average molecular weight is 288 g/mol. The van der Waals surface area contributed by atoms with Crippen molar-refractivity contribution in [3.05, 3.63) is 29.3 Å². The van der Waals surface area contributed by atoms with Crippen LogP contribution in [0.15, 0.2) is 29.2 Å². The van der Waals surface area contributed by atoms with E-state index in [-0.39, 0.29) is 24.1 Å². The Hall–Kier alpha value is -1.20. The van der Waals surface area contributed by atoms with E-state index in [2.05, 4.69) is 5.32 Å². The number of carbonyl (C=O) groups excluding carboxylic acids is 1. The van der Waals surface area contributed by atoms with Crippen LogP contribution in [-0.2, 0) is 9.59 Å². The molecule has 98 valence electrons. The number of hydrogen-bond donors (Lipinski definition) is 2. The first kappa shape index (κ1) is 14.9. The molecule has 0 aliphatic rings. The molecule has 0 aliphatic heterocycles. The second-order valence-electron chi connectivity index (χ2n) is 3.81. The van der Waals surface area contributed by atoms with E-state index in [1.165, 1.54) is 11.8 Å². The van der Waals surface area contributed by atoms with Crippen molar-refractivity contribution in [2.24, 2.45) is 0 Å². The van der Waals surface area contributed by atoms with Crippen LogP contribution in [-0.4, -0.2) is 28.8 Å². The molecule has 2 N–H and O–H groups in total. The van der Waals surface area contributed by atoms with E-state index in [0.29, 0.717) is 5.02 Å². The van der Waals surface area contributed by atoms with Crippen molar-refractivity contribution in [3.63, 3.8) is 0 Å². The summed E-state index contributed by atoms with van der Waals surface area (Å²) < 4.78 is 0. The molecule has 0 radical (unpaired) electrons. The molecule has 1 amide bonds. The maximum absolute atomic E-state index is 11.5. The molecule has 0 heterocycles. The lowest BCUT2D eigenvalue weighted by Crippen LogP contribution is -2.35. The smallest absolute Gasteiger partial charge is 0.305 e. The number of nitrogens with one attached hydrogen (secondary N) is 1. The predicted molar refractivity (Wildman–Crippen MR) is 72.0 cm³/mol. The van der Waals surface area contributed by atoms with Crippen LogP contribution >= 0.6 is 23.4 Å². The van der Waals surface area contributed by atoms with Gasteiger partial charge in [0.2, 0.25) is 5.91 Å². The fourth-order valence-corrected chi connectivity index (χ4v) is 2.14. The molecule has 0 saturated carbocycles. The van der Waals surface area contributed by atoms with Crippen LogP contribution in [0.5, 0.6) is 0 Å². The first-order valence-electron chi connectivity index (χ1n) is 5.37. The van der Waals surface area contributed by atoms with Crippen molar-refractivity contribution in [1.29, 1.82) is 0 Å². The van der Waals surface area contributed by atoms with Crippen LogP contribution in [0.25, 0.3) is 0 Å². The summed E-state index contributed by atoms with van der Waals surface area (Å²) in [5.74, 6) is -0.845. The lowest BCUT2D eigenvalue weighted by molar-refractivity contribution is -0.137. The summed E-state index contributed by atoms with van der Waals surface area (Å²) in [5, 5.41) is 11.8. The highest BCUT2D eigenvalue weighted by molar-refractivity contribution is 8.00. The highest BCUT2D eigenvalue weighted by Gasteiger charge is 2.10. The highest BCUT2D eigenvalue weighted by Crippen LogP contribution is 2.19. The third-order valence-corrected chi connectivity index (χ3v) is 3.34. The molecule has 4 nitrogen and oxygen atoms in total. The topological polar surface area (TPSA) is 66.4 Å². The first-order chi connectivity index (χ1) is 8.47. The van der Waals surface area contributed by atoms with E-state index >= 15 is 0 Å². The SMILES string of the molecule is CC(CC(=O)O)NC(=O)CSc1ccc(Cl)cc1. The van der Waals surface area contributed by atoms with Crippen molar-refractivity contribution >= 4 is 35.2 Å². The number of aliphatic carboxylic acids is 1. The fraction of sp³-hybridized carbons (Fsp3) is 0.333. The zero-order valence-corrected chi connectivity index (χ0v) is 11.4. The van der Waals surface area contributed by atoms with Gasteiger partial charge in [0.15, 0.2) is 0 Å². The molecule has 18 heavy (non-hydrogen) atoms. The van der Waals surface area contributed by atoms with E-state index < -0.39 is 5.97 Å². The lowest BCUT2D eigenvalue weighted by Gasteiger charge is -2.11. The van der Waals surface area contributed by atoms with Crippen LogP contribution in [0.2, 0.25) is 5.02 Å². The summed E-state index contributed by atoms with van der Waals surface area (Å²) in [5.41, 5.74) is 0. The Kier molecular flexibility index (Phi) is 6.01. The molecule has 1 rings (SSSR count). The number of benzene rings is 1. The lowest BCUT2D eigenvalue weighted by atomic mass is 10.2. The van der Waals surface area contributed by atoms with Crippen molar-refractivity contribution in [1.82, 2.24) is 5.32 Å². The number of hydrogen-bond acceptors (Lipinski definition) is 3. The maximum Gasteiger partial charge on any atom is 0.305 e. The average Bonchev–Trinajstić information content (AvgIpc) is 2.27. The first-order valence-corrected chi connectivity index (χ1v) is 6.73. The number of halogens is 1. The van der Waals surface area contributed by atoms with Gasteiger partial charge in [-0.3, -0.25) is 9.59 Å². The van der Waals surface area contributed by atoms with Crippen molar-refractivity contribution < 1.29 is 14.7 Å². The van der Waals surface area contributed by atoms with E-state index in [1.807, 2.05) is 12.1 Å². The zero-order valence-electron chi connectivity index (χ0n) is 9.85. The number of amides is 1. The second kappa shape index (κ2) is 7.28. The molecule has 6 heteroatoms. The molecule has 1 aromatic rings. The van der Waals surface area contributed by atoms with Gasteiger partial charge < -0.3 is 10.4 Å². The third-order valence-electron chi connectivity index (χ3n) is 2.07. The van der Waals surface area contributed by atoms with Crippen LogP contribution < -0.4 is 5.32 Å². The van der Waals surface area contributed by atoms with Gasteiger partial charge in [-0.2, -0.15) is 0 Å². The molecule has 0 aliphatic carbocycles. The molecular weight excluding hydrogens is 274 g/mol. The van der Waals surface area contributed by atoms with Gasteiger partial charge in [-0.05, 0) is 31.2 Å². The summed E-state index contributed by atoms with van der Waals surface area (Å²) in [6.07, 6.45) is -0.0721. The van der Waals surface area contributed by atoms with E-state index in [0.717, 1.165) is 4.90 Å². The summed E-state index contributed by atoms with van der Waals surface area (Å²) in [4.78, 5) is 22.9. The Labute approximate surface area is 115 Å². The summed E-state index contributed by atoms with van der Waals surface area (Å²) >= 11 is 7.13. The Morgan fingerprint density at radius 1 is 1.39 bits per heavy atom. The Bertz CT molecular complexity index is 422.